The summed E-state index contributed by atoms with van der Waals surface area (Å²) in [7, 11) is 4.75. The van der Waals surface area contributed by atoms with E-state index >= 15 is 0 Å². The zero-order valence-corrected chi connectivity index (χ0v) is 20.9. The lowest BCUT2D eigenvalue weighted by molar-refractivity contribution is 0.102. The van der Waals surface area contributed by atoms with Gasteiger partial charge in [0.15, 0.2) is 11.5 Å². The molecule has 4 rings (SSSR count). The molecule has 1 aromatic heterocycles. The Balaban J connectivity index is 1.73. The standard InChI is InChI=1S/C27H30N2O4S/c1-5-17-10-6-8-12-20(17)29-26(30)23-19-11-7-9-13-22(19)34-27(23)28-16-18-14-15-21(31-2)25(33-4)24(18)32-3/h6,8,10,12,14-16H,5,7,9,11,13H2,1-4H3,(H,29,30)/b28-16+. The minimum atomic E-state index is -0.105. The Morgan fingerprint density at radius 1 is 1.03 bits per heavy atom. The predicted octanol–water partition coefficient (Wildman–Crippen LogP) is 6.22. The number of hydrogen-bond donors (Lipinski definition) is 1. The third kappa shape index (κ3) is 4.66. The van der Waals surface area contributed by atoms with Crippen LogP contribution in [0.15, 0.2) is 41.4 Å². The number of carbonyl (C=O) groups excluding carboxylic acids is 1. The number of thiophene rings is 1. The van der Waals surface area contributed by atoms with Crippen molar-refractivity contribution >= 4 is 34.1 Å². The van der Waals surface area contributed by atoms with Gasteiger partial charge in [0.05, 0.1) is 26.9 Å². The second kappa shape index (κ2) is 10.7. The number of methoxy groups -OCH3 is 3. The summed E-state index contributed by atoms with van der Waals surface area (Å²) in [5.41, 5.74) is 4.52. The molecule has 0 fully saturated rings. The maximum atomic E-state index is 13.5. The molecule has 0 atom stereocenters. The van der Waals surface area contributed by atoms with Crippen LogP contribution >= 0.6 is 11.3 Å². The van der Waals surface area contributed by atoms with Gasteiger partial charge in [-0.05, 0) is 61.4 Å². The van der Waals surface area contributed by atoms with Crippen LogP contribution in [0.25, 0.3) is 0 Å². The number of anilines is 1. The predicted molar refractivity (Wildman–Crippen MR) is 138 cm³/mol. The number of carbonyl (C=O) groups is 1. The lowest BCUT2D eigenvalue weighted by Gasteiger charge is -2.14. The van der Waals surface area contributed by atoms with Gasteiger partial charge in [-0.15, -0.1) is 11.3 Å². The molecule has 34 heavy (non-hydrogen) atoms. The third-order valence-electron chi connectivity index (χ3n) is 6.08. The summed E-state index contributed by atoms with van der Waals surface area (Å²) in [5, 5.41) is 3.86. The molecule has 1 amide bonds. The first-order valence-electron chi connectivity index (χ1n) is 11.5. The van der Waals surface area contributed by atoms with Gasteiger partial charge in [0, 0.05) is 22.3 Å². The van der Waals surface area contributed by atoms with Crippen LogP contribution in [0.3, 0.4) is 0 Å². The smallest absolute Gasteiger partial charge is 0.259 e. The zero-order chi connectivity index (χ0) is 24.1. The summed E-state index contributed by atoms with van der Waals surface area (Å²) in [6, 6.07) is 11.6. The number of hydrogen-bond acceptors (Lipinski definition) is 6. The SMILES string of the molecule is CCc1ccccc1NC(=O)c1c(/N=C/c2ccc(OC)c(OC)c2OC)sc2c1CCCC2. The Bertz CT molecular complexity index is 1220. The van der Waals surface area contributed by atoms with E-state index in [4.69, 9.17) is 19.2 Å². The van der Waals surface area contributed by atoms with Crippen LogP contribution in [0.1, 0.15) is 51.7 Å². The van der Waals surface area contributed by atoms with E-state index in [0.29, 0.717) is 22.8 Å². The second-order valence-corrected chi connectivity index (χ2v) is 9.12. The average molecular weight is 479 g/mol. The molecule has 0 saturated carbocycles. The van der Waals surface area contributed by atoms with Gasteiger partial charge in [-0.3, -0.25) is 4.79 Å². The maximum Gasteiger partial charge on any atom is 0.259 e. The Morgan fingerprint density at radius 2 is 1.79 bits per heavy atom. The Hall–Kier alpha value is -3.32. The summed E-state index contributed by atoms with van der Waals surface area (Å²) in [6.07, 6.45) is 6.69. The first kappa shape index (κ1) is 23.8. The monoisotopic (exact) mass is 478 g/mol. The summed E-state index contributed by atoms with van der Waals surface area (Å²) < 4.78 is 16.5. The van der Waals surface area contributed by atoms with E-state index in [1.807, 2.05) is 36.4 Å². The van der Waals surface area contributed by atoms with E-state index in [9.17, 15) is 4.79 Å². The topological polar surface area (TPSA) is 69.2 Å². The molecule has 7 heteroatoms. The highest BCUT2D eigenvalue weighted by molar-refractivity contribution is 7.16. The number of ether oxygens (including phenoxy) is 3. The van der Waals surface area contributed by atoms with Gasteiger partial charge in [0.1, 0.15) is 5.00 Å². The summed E-state index contributed by atoms with van der Waals surface area (Å²) in [4.78, 5) is 19.6. The number of rotatable bonds is 8. The van der Waals surface area contributed by atoms with Crippen LogP contribution in [0.4, 0.5) is 10.7 Å². The Morgan fingerprint density at radius 3 is 2.53 bits per heavy atom. The van der Waals surface area contributed by atoms with E-state index in [1.165, 1.54) is 4.88 Å². The van der Waals surface area contributed by atoms with Crippen LogP contribution < -0.4 is 19.5 Å². The van der Waals surface area contributed by atoms with Crippen molar-refractivity contribution in [3.63, 3.8) is 0 Å². The molecule has 0 radical (unpaired) electrons. The first-order valence-corrected chi connectivity index (χ1v) is 12.3. The first-order chi connectivity index (χ1) is 16.6. The van der Waals surface area contributed by atoms with Crippen molar-refractivity contribution in [2.24, 2.45) is 4.99 Å². The lowest BCUT2D eigenvalue weighted by atomic mass is 9.95. The number of aliphatic imine (C=N–C) groups is 1. The fraction of sp³-hybridized carbons (Fsp3) is 0.333. The van der Waals surface area contributed by atoms with Gasteiger partial charge >= 0.3 is 0 Å². The van der Waals surface area contributed by atoms with Crippen molar-refractivity contribution in [1.29, 1.82) is 0 Å². The number of benzene rings is 2. The molecule has 0 spiro atoms. The Labute approximate surface area is 204 Å². The molecular formula is C27H30N2O4S. The zero-order valence-electron chi connectivity index (χ0n) is 20.1. The van der Waals surface area contributed by atoms with Crippen molar-refractivity contribution in [2.75, 3.05) is 26.6 Å². The molecule has 1 aliphatic rings. The molecule has 1 N–H and O–H groups in total. The van der Waals surface area contributed by atoms with E-state index in [-0.39, 0.29) is 5.91 Å². The van der Waals surface area contributed by atoms with Crippen molar-refractivity contribution in [2.45, 2.75) is 39.0 Å². The fourth-order valence-electron chi connectivity index (χ4n) is 4.37. The van der Waals surface area contributed by atoms with Gasteiger partial charge < -0.3 is 19.5 Å². The van der Waals surface area contributed by atoms with Gasteiger partial charge in [0.25, 0.3) is 5.91 Å². The number of nitrogens with one attached hydrogen (secondary N) is 1. The van der Waals surface area contributed by atoms with E-state index < -0.39 is 0 Å². The van der Waals surface area contributed by atoms with Crippen LogP contribution in [-0.4, -0.2) is 33.5 Å². The molecular weight excluding hydrogens is 448 g/mol. The summed E-state index contributed by atoms with van der Waals surface area (Å²) >= 11 is 1.61. The normalized spacial score (nSPS) is 12.9. The van der Waals surface area contributed by atoms with Gasteiger partial charge in [-0.1, -0.05) is 25.1 Å². The van der Waals surface area contributed by atoms with Crippen molar-refractivity contribution < 1.29 is 19.0 Å². The highest BCUT2D eigenvalue weighted by Crippen LogP contribution is 2.42. The van der Waals surface area contributed by atoms with Crippen LogP contribution in [-0.2, 0) is 19.3 Å². The van der Waals surface area contributed by atoms with Crippen molar-refractivity contribution in [1.82, 2.24) is 0 Å². The van der Waals surface area contributed by atoms with Gasteiger partial charge in [0.2, 0.25) is 5.75 Å². The number of para-hydroxylation sites is 1. The molecule has 0 aliphatic heterocycles. The molecule has 1 aliphatic carbocycles. The number of fused-ring (bicyclic) bond motifs is 1. The number of amides is 1. The third-order valence-corrected chi connectivity index (χ3v) is 7.28. The molecule has 6 nitrogen and oxygen atoms in total. The molecule has 0 bridgehead atoms. The molecule has 1 heterocycles. The van der Waals surface area contributed by atoms with Crippen molar-refractivity contribution in [3.8, 4) is 17.2 Å². The molecule has 178 valence electrons. The quantitative estimate of drug-likeness (QED) is 0.390. The second-order valence-electron chi connectivity index (χ2n) is 8.04. The maximum absolute atomic E-state index is 13.5. The van der Waals surface area contributed by atoms with Crippen LogP contribution in [0.2, 0.25) is 0 Å². The Kier molecular flexibility index (Phi) is 7.53. The highest BCUT2D eigenvalue weighted by atomic mass is 32.1. The summed E-state index contributed by atoms with van der Waals surface area (Å²) in [5.74, 6) is 1.52. The van der Waals surface area contributed by atoms with E-state index in [1.54, 1.807) is 38.9 Å². The van der Waals surface area contributed by atoms with E-state index in [0.717, 1.165) is 59.5 Å². The molecule has 0 saturated heterocycles. The number of nitrogens with zero attached hydrogens (tertiary/aromatic N) is 1. The molecule has 3 aromatic rings. The lowest BCUT2D eigenvalue weighted by Crippen LogP contribution is -2.15. The van der Waals surface area contributed by atoms with Crippen LogP contribution in [0.5, 0.6) is 17.2 Å². The highest BCUT2D eigenvalue weighted by Gasteiger charge is 2.26. The summed E-state index contributed by atoms with van der Waals surface area (Å²) in [6.45, 7) is 2.09. The minimum absolute atomic E-state index is 0.105. The number of aryl methyl sites for hydroxylation is 2. The van der Waals surface area contributed by atoms with Crippen LogP contribution in [0, 0.1) is 0 Å². The van der Waals surface area contributed by atoms with Gasteiger partial charge in [-0.2, -0.15) is 0 Å². The fourth-order valence-corrected chi connectivity index (χ4v) is 5.60. The minimum Gasteiger partial charge on any atom is -0.493 e. The van der Waals surface area contributed by atoms with E-state index in [2.05, 4.69) is 12.2 Å². The average Bonchev–Trinajstić information content (AvgIpc) is 3.25. The van der Waals surface area contributed by atoms with Crippen molar-refractivity contribution in [3.05, 3.63) is 63.5 Å². The largest absolute Gasteiger partial charge is 0.493 e. The van der Waals surface area contributed by atoms with Gasteiger partial charge in [-0.25, -0.2) is 4.99 Å². The molecule has 0 unspecified atom stereocenters. The molecule has 2 aromatic carbocycles.